The first-order valence-electron chi connectivity index (χ1n) is 6.43. The molecule has 1 fully saturated rings. The first-order chi connectivity index (χ1) is 10.0. The molecule has 1 aliphatic heterocycles. The van der Waals surface area contributed by atoms with Crippen molar-refractivity contribution in [2.75, 3.05) is 19.8 Å². The molecule has 0 bridgehead atoms. The highest BCUT2D eigenvalue weighted by Crippen LogP contribution is 2.30. The van der Waals surface area contributed by atoms with E-state index in [0.29, 0.717) is 5.56 Å². The molecule has 0 aromatic heterocycles. The second-order valence-electron chi connectivity index (χ2n) is 4.56. The standard InChI is InChI=1S/C14H15F3O4/c15-12(14(16,17)11-9-19-6-7-20-11)13(18)21-8-10-4-2-1-3-5-10/h1-5,11-12H,6-9H2. The van der Waals surface area contributed by atoms with Crippen molar-refractivity contribution in [2.45, 2.75) is 24.8 Å². The van der Waals surface area contributed by atoms with Gasteiger partial charge in [0.2, 0.25) is 0 Å². The lowest BCUT2D eigenvalue weighted by Crippen LogP contribution is -2.52. The Morgan fingerprint density at radius 2 is 2.05 bits per heavy atom. The van der Waals surface area contributed by atoms with Crippen LogP contribution >= 0.6 is 0 Å². The van der Waals surface area contributed by atoms with Crippen molar-refractivity contribution >= 4 is 5.97 Å². The summed E-state index contributed by atoms with van der Waals surface area (Å²) in [7, 11) is 0. The van der Waals surface area contributed by atoms with E-state index in [1.807, 2.05) is 0 Å². The van der Waals surface area contributed by atoms with E-state index < -0.39 is 30.8 Å². The molecule has 7 heteroatoms. The molecule has 2 rings (SSSR count). The van der Waals surface area contributed by atoms with E-state index in [1.54, 1.807) is 30.3 Å². The summed E-state index contributed by atoms with van der Waals surface area (Å²) >= 11 is 0. The second kappa shape index (κ2) is 6.91. The molecule has 2 unspecified atom stereocenters. The molecule has 1 heterocycles. The van der Waals surface area contributed by atoms with Crippen LogP contribution in [0.2, 0.25) is 0 Å². The van der Waals surface area contributed by atoms with Crippen LogP contribution in [0.4, 0.5) is 13.2 Å². The number of alkyl halides is 3. The van der Waals surface area contributed by atoms with E-state index in [-0.39, 0.29) is 19.8 Å². The molecule has 4 nitrogen and oxygen atoms in total. The van der Waals surface area contributed by atoms with E-state index in [0.717, 1.165) is 0 Å². The molecule has 0 amide bonds. The van der Waals surface area contributed by atoms with Gasteiger partial charge in [0.05, 0.1) is 19.8 Å². The quantitative estimate of drug-likeness (QED) is 0.782. The van der Waals surface area contributed by atoms with Gasteiger partial charge in [0.15, 0.2) is 0 Å². The van der Waals surface area contributed by atoms with Crippen LogP contribution < -0.4 is 0 Å². The predicted molar refractivity (Wildman–Crippen MR) is 66.6 cm³/mol. The molecule has 0 spiro atoms. The molecule has 0 aliphatic carbocycles. The van der Waals surface area contributed by atoms with Crippen molar-refractivity contribution in [1.29, 1.82) is 0 Å². The van der Waals surface area contributed by atoms with Gasteiger partial charge < -0.3 is 14.2 Å². The number of halogens is 3. The largest absolute Gasteiger partial charge is 0.458 e. The van der Waals surface area contributed by atoms with Crippen LogP contribution in [-0.4, -0.2) is 44.0 Å². The fourth-order valence-corrected chi connectivity index (χ4v) is 1.83. The third-order valence-electron chi connectivity index (χ3n) is 3.01. The van der Waals surface area contributed by atoms with Crippen LogP contribution in [0.3, 0.4) is 0 Å². The molecule has 0 N–H and O–H groups in total. The van der Waals surface area contributed by atoms with Gasteiger partial charge in [-0.2, -0.15) is 8.78 Å². The van der Waals surface area contributed by atoms with Gasteiger partial charge in [-0.25, -0.2) is 9.18 Å². The number of hydrogen-bond acceptors (Lipinski definition) is 4. The van der Waals surface area contributed by atoms with Gasteiger partial charge in [-0.3, -0.25) is 0 Å². The number of carbonyl (C=O) groups is 1. The Morgan fingerprint density at radius 3 is 2.67 bits per heavy atom. The van der Waals surface area contributed by atoms with Crippen LogP contribution in [0.5, 0.6) is 0 Å². The molecule has 1 aromatic rings. The fraction of sp³-hybridized carbons (Fsp3) is 0.500. The maximum absolute atomic E-state index is 13.8. The SMILES string of the molecule is O=C(OCc1ccccc1)C(F)C(F)(F)C1COCCO1. The van der Waals surface area contributed by atoms with E-state index in [9.17, 15) is 18.0 Å². The predicted octanol–water partition coefficient (Wildman–Crippen LogP) is 2.12. The number of ether oxygens (including phenoxy) is 3. The summed E-state index contributed by atoms with van der Waals surface area (Å²) in [6, 6.07) is 8.40. The van der Waals surface area contributed by atoms with Gasteiger partial charge in [-0.1, -0.05) is 30.3 Å². The Bertz CT molecular complexity index is 461. The monoisotopic (exact) mass is 304 g/mol. The fourth-order valence-electron chi connectivity index (χ4n) is 1.83. The van der Waals surface area contributed by atoms with Gasteiger partial charge in [-0.05, 0) is 5.56 Å². The Kier molecular flexibility index (Phi) is 5.19. The first-order valence-corrected chi connectivity index (χ1v) is 6.43. The van der Waals surface area contributed by atoms with E-state index in [2.05, 4.69) is 4.74 Å². The molecule has 1 saturated heterocycles. The topological polar surface area (TPSA) is 44.8 Å². The van der Waals surface area contributed by atoms with Crippen molar-refractivity contribution in [3.63, 3.8) is 0 Å². The van der Waals surface area contributed by atoms with Crippen molar-refractivity contribution in [1.82, 2.24) is 0 Å². The summed E-state index contributed by atoms with van der Waals surface area (Å²) in [6.45, 7) is -0.619. The number of carbonyl (C=O) groups excluding carboxylic acids is 1. The second-order valence-corrected chi connectivity index (χ2v) is 4.56. The minimum absolute atomic E-state index is 0.0635. The van der Waals surface area contributed by atoms with Crippen molar-refractivity contribution in [2.24, 2.45) is 0 Å². The summed E-state index contributed by atoms with van der Waals surface area (Å²) in [4.78, 5) is 11.4. The van der Waals surface area contributed by atoms with Gasteiger partial charge in [0.1, 0.15) is 12.7 Å². The lowest BCUT2D eigenvalue weighted by atomic mass is 10.1. The number of esters is 1. The van der Waals surface area contributed by atoms with Gasteiger partial charge >= 0.3 is 11.9 Å². The third kappa shape index (κ3) is 3.95. The molecule has 1 aliphatic rings. The molecule has 0 saturated carbocycles. The maximum atomic E-state index is 13.8. The van der Waals surface area contributed by atoms with Crippen LogP contribution in [0.1, 0.15) is 5.56 Å². The zero-order valence-electron chi connectivity index (χ0n) is 11.1. The molecule has 116 valence electrons. The van der Waals surface area contributed by atoms with Gasteiger partial charge in [0, 0.05) is 0 Å². The Balaban J connectivity index is 1.91. The minimum atomic E-state index is -3.99. The summed E-state index contributed by atoms with van der Waals surface area (Å²) < 4.78 is 55.4. The lowest BCUT2D eigenvalue weighted by molar-refractivity contribution is -0.224. The van der Waals surface area contributed by atoms with E-state index >= 15 is 0 Å². The molecule has 2 atom stereocenters. The van der Waals surface area contributed by atoms with Crippen LogP contribution in [0, 0.1) is 0 Å². The van der Waals surface area contributed by atoms with Crippen LogP contribution in [-0.2, 0) is 25.6 Å². The Morgan fingerprint density at radius 1 is 1.33 bits per heavy atom. The number of hydrogen-bond donors (Lipinski definition) is 0. The molecular formula is C14H15F3O4. The molecule has 1 aromatic carbocycles. The summed E-state index contributed by atoms with van der Waals surface area (Å²) in [5.74, 6) is -5.60. The molecule has 21 heavy (non-hydrogen) atoms. The normalized spacial score (nSPS) is 20.8. The summed E-state index contributed by atoms with van der Waals surface area (Å²) in [6.07, 6.45) is -4.88. The Labute approximate surface area is 119 Å². The van der Waals surface area contributed by atoms with Crippen molar-refractivity contribution < 1.29 is 32.2 Å². The Hall–Kier alpha value is -1.60. The van der Waals surface area contributed by atoms with Crippen LogP contribution in [0.15, 0.2) is 30.3 Å². The average Bonchev–Trinajstić information content (AvgIpc) is 2.53. The molecular weight excluding hydrogens is 289 g/mol. The smallest absolute Gasteiger partial charge is 0.347 e. The van der Waals surface area contributed by atoms with Crippen molar-refractivity contribution in [3.8, 4) is 0 Å². The highest BCUT2D eigenvalue weighted by molar-refractivity contribution is 5.76. The van der Waals surface area contributed by atoms with Crippen LogP contribution in [0.25, 0.3) is 0 Å². The minimum Gasteiger partial charge on any atom is -0.458 e. The third-order valence-corrected chi connectivity index (χ3v) is 3.01. The average molecular weight is 304 g/mol. The van der Waals surface area contributed by atoms with Gasteiger partial charge in [0.25, 0.3) is 6.17 Å². The summed E-state index contributed by atoms with van der Waals surface area (Å²) in [5, 5.41) is 0. The first kappa shape index (κ1) is 15.8. The van der Waals surface area contributed by atoms with Gasteiger partial charge in [-0.15, -0.1) is 0 Å². The highest BCUT2D eigenvalue weighted by atomic mass is 19.3. The van der Waals surface area contributed by atoms with E-state index in [4.69, 9.17) is 9.47 Å². The highest BCUT2D eigenvalue weighted by Gasteiger charge is 2.54. The zero-order valence-corrected chi connectivity index (χ0v) is 11.1. The van der Waals surface area contributed by atoms with Crippen molar-refractivity contribution in [3.05, 3.63) is 35.9 Å². The summed E-state index contributed by atoms with van der Waals surface area (Å²) in [5.41, 5.74) is 0.582. The molecule has 0 radical (unpaired) electrons. The lowest BCUT2D eigenvalue weighted by Gasteiger charge is -2.31. The maximum Gasteiger partial charge on any atom is 0.347 e. The zero-order chi connectivity index (χ0) is 15.3. The number of rotatable bonds is 5. The van der Waals surface area contributed by atoms with E-state index in [1.165, 1.54) is 0 Å². The number of benzene rings is 1.